The highest BCUT2D eigenvalue weighted by atomic mass is 32.2. The van der Waals surface area contributed by atoms with Gasteiger partial charge in [-0.1, -0.05) is 12.1 Å². The molecule has 0 radical (unpaired) electrons. The van der Waals surface area contributed by atoms with Crippen molar-refractivity contribution in [3.63, 3.8) is 0 Å². The van der Waals surface area contributed by atoms with Crippen LogP contribution in [0.4, 0.5) is 0 Å². The van der Waals surface area contributed by atoms with Gasteiger partial charge in [0, 0.05) is 24.6 Å². The van der Waals surface area contributed by atoms with Crippen LogP contribution in [0.15, 0.2) is 29.2 Å². The quantitative estimate of drug-likeness (QED) is 0.638. The van der Waals surface area contributed by atoms with Crippen molar-refractivity contribution >= 4 is 29.1 Å². The Hall–Kier alpha value is -0.780. The molecule has 1 aromatic rings. The van der Waals surface area contributed by atoms with E-state index in [0.717, 1.165) is 24.6 Å². The molecule has 1 heterocycles. The second-order valence-electron chi connectivity index (χ2n) is 4.25. The number of benzene rings is 1. The molecule has 0 saturated carbocycles. The third-order valence-corrected chi connectivity index (χ3v) is 4.26. The molecule has 0 amide bonds. The Bertz CT molecular complexity index is 408. The maximum absolute atomic E-state index is 8.94. The zero-order chi connectivity index (χ0) is 13.0. The first-order valence-electron chi connectivity index (χ1n) is 6.05. The van der Waals surface area contributed by atoms with Gasteiger partial charge in [-0.3, -0.25) is 0 Å². The van der Waals surface area contributed by atoms with Crippen LogP contribution in [0.1, 0.15) is 18.0 Å². The fourth-order valence-corrected chi connectivity index (χ4v) is 2.87. The summed E-state index contributed by atoms with van der Waals surface area (Å²) < 4.78 is 0. The summed E-state index contributed by atoms with van der Waals surface area (Å²) in [4.78, 5) is 3.44. The van der Waals surface area contributed by atoms with Crippen molar-refractivity contribution in [2.45, 2.75) is 17.4 Å². The Morgan fingerprint density at radius 2 is 2.17 bits per heavy atom. The molecule has 0 aliphatic carbocycles. The summed E-state index contributed by atoms with van der Waals surface area (Å²) in [6, 6.07) is 8.91. The minimum atomic E-state index is 0.206. The predicted octanol–water partition coefficient (Wildman–Crippen LogP) is 2.02. The lowest BCUT2D eigenvalue weighted by atomic mass is 10.1. The summed E-state index contributed by atoms with van der Waals surface area (Å²) >= 11 is 7.06. The van der Waals surface area contributed by atoms with Crippen LogP contribution in [0.3, 0.4) is 0 Å². The monoisotopic (exact) mass is 282 g/mol. The number of thioether (sulfide) groups is 1. The Morgan fingerprint density at radius 3 is 2.78 bits per heavy atom. The van der Waals surface area contributed by atoms with E-state index in [1.807, 2.05) is 0 Å². The molecule has 5 heteroatoms. The third kappa shape index (κ3) is 2.96. The SMILES string of the molecule is CSc1ccc(C2CNC(=S)N2CCCO)cc1. The molecule has 0 spiro atoms. The number of hydrogen-bond donors (Lipinski definition) is 2. The average molecular weight is 282 g/mol. The molecule has 1 aliphatic heterocycles. The van der Waals surface area contributed by atoms with E-state index in [9.17, 15) is 0 Å². The van der Waals surface area contributed by atoms with Gasteiger partial charge in [-0.2, -0.15) is 0 Å². The molecule has 1 saturated heterocycles. The molecule has 1 aromatic carbocycles. The molecule has 2 rings (SSSR count). The number of hydrogen-bond acceptors (Lipinski definition) is 3. The van der Waals surface area contributed by atoms with E-state index in [-0.39, 0.29) is 6.61 Å². The van der Waals surface area contributed by atoms with E-state index in [2.05, 4.69) is 40.7 Å². The Balaban J connectivity index is 2.12. The maximum Gasteiger partial charge on any atom is 0.169 e. The highest BCUT2D eigenvalue weighted by Crippen LogP contribution is 2.26. The van der Waals surface area contributed by atoms with Crippen molar-refractivity contribution in [1.82, 2.24) is 10.2 Å². The molecule has 1 unspecified atom stereocenters. The second-order valence-corrected chi connectivity index (χ2v) is 5.51. The predicted molar refractivity (Wildman–Crippen MR) is 80.0 cm³/mol. The van der Waals surface area contributed by atoms with Crippen LogP contribution in [0, 0.1) is 0 Å². The minimum Gasteiger partial charge on any atom is -0.396 e. The van der Waals surface area contributed by atoms with Crippen LogP contribution >= 0.6 is 24.0 Å². The Morgan fingerprint density at radius 1 is 1.44 bits per heavy atom. The molecule has 3 nitrogen and oxygen atoms in total. The second kappa shape index (κ2) is 6.41. The van der Waals surface area contributed by atoms with E-state index in [1.165, 1.54) is 10.5 Å². The van der Waals surface area contributed by atoms with Gasteiger partial charge in [-0.15, -0.1) is 11.8 Å². The van der Waals surface area contributed by atoms with Gasteiger partial charge in [0.2, 0.25) is 0 Å². The van der Waals surface area contributed by atoms with Crippen LogP contribution in [0.5, 0.6) is 0 Å². The molecule has 98 valence electrons. The van der Waals surface area contributed by atoms with E-state index in [0.29, 0.717) is 6.04 Å². The van der Waals surface area contributed by atoms with Crippen LogP contribution in [-0.2, 0) is 0 Å². The minimum absolute atomic E-state index is 0.206. The molecule has 0 aromatic heterocycles. The lowest BCUT2D eigenvalue weighted by molar-refractivity contribution is 0.257. The number of nitrogens with one attached hydrogen (secondary N) is 1. The number of aliphatic hydroxyl groups excluding tert-OH is 1. The number of nitrogens with zero attached hydrogens (tertiary/aromatic N) is 1. The molecule has 2 N–H and O–H groups in total. The molecule has 18 heavy (non-hydrogen) atoms. The van der Waals surface area contributed by atoms with Gasteiger partial charge >= 0.3 is 0 Å². The van der Waals surface area contributed by atoms with E-state index in [4.69, 9.17) is 17.3 Å². The van der Waals surface area contributed by atoms with Gasteiger partial charge in [0.15, 0.2) is 5.11 Å². The van der Waals surface area contributed by atoms with Crippen molar-refractivity contribution < 1.29 is 5.11 Å². The van der Waals surface area contributed by atoms with E-state index < -0.39 is 0 Å². The lowest BCUT2D eigenvalue weighted by Crippen LogP contribution is -2.31. The van der Waals surface area contributed by atoms with Gasteiger partial charge in [0.05, 0.1) is 6.04 Å². The lowest BCUT2D eigenvalue weighted by Gasteiger charge is -2.25. The maximum atomic E-state index is 8.94. The first-order chi connectivity index (χ1) is 8.76. The van der Waals surface area contributed by atoms with Crippen molar-refractivity contribution in [1.29, 1.82) is 0 Å². The van der Waals surface area contributed by atoms with Gasteiger partial charge in [-0.05, 0) is 42.6 Å². The van der Waals surface area contributed by atoms with Crippen molar-refractivity contribution in [2.75, 3.05) is 26.0 Å². The highest BCUT2D eigenvalue weighted by Gasteiger charge is 2.28. The van der Waals surface area contributed by atoms with E-state index in [1.54, 1.807) is 11.8 Å². The molecule has 1 fully saturated rings. The van der Waals surface area contributed by atoms with Crippen LogP contribution in [-0.4, -0.2) is 41.1 Å². The third-order valence-electron chi connectivity index (χ3n) is 3.14. The Labute approximate surface area is 118 Å². The topological polar surface area (TPSA) is 35.5 Å². The summed E-state index contributed by atoms with van der Waals surface area (Å²) in [5.74, 6) is 0. The summed E-state index contributed by atoms with van der Waals surface area (Å²) in [5.41, 5.74) is 1.28. The van der Waals surface area contributed by atoms with Gasteiger partial charge in [0.25, 0.3) is 0 Å². The molecule has 1 aliphatic rings. The normalized spacial score (nSPS) is 19.1. The summed E-state index contributed by atoms with van der Waals surface area (Å²) in [6.07, 6.45) is 2.83. The highest BCUT2D eigenvalue weighted by molar-refractivity contribution is 7.98. The fourth-order valence-electron chi connectivity index (χ4n) is 2.16. The Kier molecular flexibility index (Phi) is 4.86. The van der Waals surface area contributed by atoms with Crippen LogP contribution in [0.25, 0.3) is 0 Å². The van der Waals surface area contributed by atoms with E-state index >= 15 is 0 Å². The molecular formula is C13H18N2OS2. The number of aliphatic hydroxyl groups is 1. The molecule has 0 bridgehead atoms. The van der Waals surface area contributed by atoms with Crippen LogP contribution in [0.2, 0.25) is 0 Å². The fraction of sp³-hybridized carbons (Fsp3) is 0.462. The largest absolute Gasteiger partial charge is 0.396 e. The van der Waals surface area contributed by atoms with Gasteiger partial charge in [0.1, 0.15) is 0 Å². The molecule has 1 atom stereocenters. The van der Waals surface area contributed by atoms with Gasteiger partial charge < -0.3 is 15.3 Å². The van der Waals surface area contributed by atoms with Crippen molar-refractivity contribution in [3.05, 3.63) is 29.8 Å². The zero-order valence-corrected chi connectivity index (χ0v) is 12.1. The van der Waals surface area contributed by atoms with Gasteiger partial charge in [-0.25, -0.2) is 0 Å². The first kappa shape index (κ1) is 13.6. The van der Waals surface area contributed by atoms with Crippen molar-refractivity contribution in [2.24, 2.45) is 0 Å². The number of thiocarbonyl (C=S) groups is 1. The number of rotatable bonds is 5. The smallest absolute Gasteiger partial charge is 0.169 e. The van der Waals surface area contributed by atoms with Crippen LogP contribution < -0.4 is 5.32 Å². The average Bonchev–Trinajstić information content (AvgIpc) is 2.78. The first-order valence-corrected chi connectivity index (χ1v) is 7.69. The summed E-state index contributed by atoms with van der Waals surface area (Å²) in [5, 5.41) is 13.0. The summed E-state index contributed by atoms with van der Waals surface area (Å²) in [7, 11) is 0. The van der Waals surface area contributed by atoms with Crippen molar-refractivity contribution in [3.8, 4) is 0 Å². The molecular weight excluding hydrogens is 264 g/mol. The standard InChI is InChI=1S/C13H18N2OS2/c1-18-11-5-3-10(4-6-11)12-9-14-13(17)15(12)7-2-8-16/h3-6,12,16H,2,7-9H2,1H3,(H,14,17). The zero-order valence-electron chi connectivity index (χ0n) is 10.4. The summed E-state index contributed by atoms with van der Waals surface area (Å²) in [6.45, 7) is 1.86.